The lowest BCUT2D eigenvalue weighted by molar-refractivity contribution is 0.0952. The Morgan fingerprint density at radius 2 is 1.86 bits per heavy atom. The van der Waals surface area contributed by atoms with Gasteiger partial charge in [0.2, 0.25) is 0 Å². The molecule has 0 saturated heterocycles. The summed E-state index contributed by atoms with van der Waals surface area (Å²) in [4.78, 5) is 12.2. The molecule has 0 radical (unpaired) electrons. The van der Waals surface area contributed by atoms with Gasteiger partial charge in [-0.05, 0) is 62.7 Å². The predicted molar refractivity (Wildman–Crippen MR) is 113 cm³/mol. The van der Waals surface area contributed by atoms with Crippen LogP contribution in [0, 0.1) is 0 Å². The summed E-state index contributed by atoms with van der Waals surface area (Å²) in [5.41, 5.74) is 6.33. The molecule has 0 saturated carbocycles. The number of hydrogen-bond donors (Lipinski definition) is 3. The lowest BCUT2D eigenvalue weighted by Crippen LogP contribution is -2.29. The Morgan fingerprint density at radius 3 is 2.46 bits per heavy atom. The molecule has 0 fully saturated rings. The van der Waals surface area contributed by atoms with E-state index in [1.807, 2.05) is 13.8 Å². The Kier molecular flexibility index (Phi) is 9.24. The van der Waals surface area contributed by atoms with Crippen molar-refractivity contribution < 1.29 is 17.9 Å². The molecule has 7 nitrogen and oxygen atoms in total. The third-order valence-electron chi connectivity index (χ3n) is 3.71. The SMILES string of the molecule is CCOc1ccc(NS(=O)(=O)c2cccc(C(=O)NCCC(C)N)c2)cc1.Cl. The molecule has 154 valence electrons. The average Bonchev–Trinajstić information content (AvgIpc) is 2.63. The van der Waals surface area contributed by atoms with Crippen molar-refractivity contribution in [3.05, 3.63) is 54.1 Å². The zero-order chi connectivity index (χ0) is 19.9. The number of nitrogens with two attached hydrogens (primary N) is 1. The first kappa shape index (κ1) is 23.7. The van der Waals surface area contributed by atoms with E-state index in [1.165, 1.54) is 18.2 Å². The zero-order valence-electron chi connectivity index (χ0n) is 15.8. The van der Waals surface area contributed by atoms with Crippen molar-refractivity contribution in [3.8, 4) is 5.75 Å². The average molecular weight is 428 g/mol. The summed E-state index contributed by atoms with van der Waals surface area (Å²) in [5.74, 6) is 0.319. The van der Waals surface area contributed by atoms with Gasteiger partial charge in [-0.25, -0.2) is 8.42 Å². The highest BCUT2D eigenvalue weighted by atomic mass is 35.5. The van der Waals surface area contributed by atoms with Crippen molar-refractivity contribution in [2.75, 3.05) is 17.9 Å². The summed E-state index contributed by atoms with van der Waals surface area (Å²) in [6, 6.07) is 12.5. The topological polar surface area (TPSA) is 111 Å². The van der Waals surface area contributed by atoms with E-state index in [-0.39, 0.29) is 34.8 Å². The number of nitrogens with one attached hydrogen (secondary N) is 2. The Bertz CT molecular complexity index is 871. The van der Waals surface area contributed by atoms with Gasteiger partial charge in [0.1, 0.15) is 5.75 Å². The molecule has 1 unspecified atom stereocenters. The van der Waals surface area contributed by atoms with Crippen LogP contribution < -0.4 is 20.5 Å². The van der Waals surface area contributed by atoms with Gasteiger partial charge in [-0.2, -0.15) is 0 Å². The van der Waals surface area contributed by atoms with Gasteiger partial charge < -0.3 is 15.8 Å². The fraction of sp³-hybridized carbons (Fsp3) is 0.316. The van der Waals surface area contributed by atoms with Gasteiger partial charge in [0.05, 0.1) is 11.5 Å². The lowest BCUT2D eigenvalue weighted by Gasteiger charge is -2.11. The van der Waals surface area contributed by atoms with E-state index in [1.54, 1.807) is 30.3 Å². The van der Waals surface area contributed by atoms with E-state index in [9.17, 15) is 13.2 Å². The van der Waals surface area contributed by atoms with Crippen molar-refractivity contribution in [2.45, 2.75) is 31.2 Å². The molecule has 2 aromatic rings. The van der Waals surface area contributed by atoms with Gasteiger partial charge in [0.15, 0.2) is 0 Å². The lowest BCUT2D eigenvalue weighted by atomic mass is 10.2. The molecule has 0 bridgehead atoms. The van der Waals surface area contributed by atoms with Crippen LogP contribution in [0.15, 0.2) is 53.4 Å². The number of amides is 1. The Hall–Kier alpha value is -2.29. The summed E-state index contributed by atoms with van der Waals surface area (Å²) in [5, 5.41) is 2.73. The molecule has 0 heterocycles. The van der Waals surface area contributed by atoms with Crippen molar-refractivity contribution >= 4 is 34.0 Å². The van der Waals surface area contributed by atoms with Crippen LogP contribution in [0.2, 0.25) is 0 Å². The summed E-state index contributed by atoms with van der Waals surface area (Å²) in [6.45, 7) is 4.68. The first-order valence-corrected chi connectivity index (χ1v) is 10.2. The highest BCUT2D eigenvalue weighted by Crippen LogP contribution is 2.20. The fourth-order valence-corrected chi connectivity index (χ4v) is 3.42. The van der Waals surface area contributed by atoms with Crippen LogP contribution in [0.1, 0.15) is 30.6 Å². The quantitative estimate of drug-likeness (QED) is 0.569. The Balaban J connectivity index is 0.00000392. The van der Waals surface area contributed by atoms with Gasteiger partial charge in [0, 0.05) is 23.8 Å². The van der Waals surface area contributed by atoms with E-state index >= 15 is 0 Å². The van der Waals surface area contributed by atoms with Crippen molar-refractivity contribution in [1.82, 2.24) is 5.32 Å². The number of benzene rings is 2. The second kappa shape index (κ2) is 10.9. The predicted octanol–water partition coefficient (Wildman–Crippen LogP) is 2.78. The molecule has 1 amide bonds. The third-order valence-corrected chi connectivity index (χ3v) is 5.09. The molecule has 4 N–H and O–H groups in total. The number of rotatable bonds is 9. The first-order valence-electron chi connectivity index (χ1n) is 8.71. The number of halogens is 1. The number of carbonyl (C=O) groups excluding carboxylic acids is 1. The van der Waals surface area contributed by atoms with Crippen LogP contribution in [-0.4, -0.2) is 33.5 Å². The molecule has 2 aromatic carbocycles. The number of carbonyl (C=O) groups is 1. The summed E-state index contributed by atoms with van der Waals surface area (Å²) >= 11 is 0. The molecular weight excluding hydrogens is 402 g/mol. The molecule has 1 atom stereocenters. The van der Waals surface area contributed by atoms with Crippen LogP contribution in [0.4, 0.5) is 5.69 Å². The minimum Gasteiger partial charge on any atom is -0.494 e. The minimum absolute atomic E-state index is 0. The number of sulfonamides is 1. The second-order valence-electron chi connectivity index (χ2n) is 6.11. The summed E-state index contributed by atoms with van der Waals surface area (Å²) in [7, 11) is -3.82. The monoisotopic (exact) mass is 427 g/mol. The molecule has 28 heavy (non-hydrogen) atoms. The molecule has 9 heteroatoms. The molecule has 0 aliphatic heterocycles. The summed E-state index contributed by atoms with van der Waals surface area (Å²) < 4.78 is 33.0. The molecule has 0 aliphatic rings. The maximum absolute atomic E-state index is 12.6. The van der Waals surface area contributed by atoms with Gasteiger partial charge >= 0.3 is 0 Å². The molecule has 0 aliphatic carbocycles. The standard InChI is InChI=1S/C19H25N3O4S.ClH/c1-3-26-17-9-7-16(8-10-17)22-27(24,25)18-6-4-5-15(13-18)19(23)21-12-11-14(2)20;/h4-10,13-14,22H,3,11-12,20H2,1-2H3,(H,21,23);1H. The molecule has 0 aromatic heterocycles. The zero-order valence-corrected chi connectivity index (χ0v) is 17.5. The highest BCUT2D eigenvalue weighted by molar-refractivity contribution is 7.92. The molecule has 2 rings (SSSR count). The van der Waals surface area contributed by atoms with E-state index in [0.29, 0.717) is 31.0 Å². The number of ether oxygens (including phenoxy) is 1. The van der Waals surface area contributed by atoms with Gasteiger partial charge in [0.25, 0.3) is 15.9 Å². The maximum atomic E-state index is 12.6. The van der Waals surface area contributed by atoms with Gasteiger partial charge in [-0.1, -0.05) is 6.07 Å². The molecular formula is C19H26ClN3O4S. The van der Waals surface area contributed by atoms with E-state index in [2.05, 4.69) is 10.0 Å². The second-order valence-corrected chi connectivity index (χ2v) is 7.79. The van der Waals surface area contributed by atoms with Gasteiger partial charge in [-0.3, -0.25) is 9.52 Å². The third kappa shape index (κ3) is 7.03. The maximum Gasteiger partial charge on any atom is 0.261 e. The Labute approximate surface area is 172 Å². The number of hydrogen-bond acceptors (Lipinski definition) is 5. The normalized spacial score (nSPS) is 11.8. The van der Waals surface area contributed by atoms with Crippen LogP contribution in [-0.2, 0) is 10.0 Å². The Morgan fingerprint density at radius 1 is 1.18 bits per heavy atom. The van der Waals surface area contributed by atoms with E-state index in [0.717, 1.165) is 0 Å². The van der Waals surface area contributed by atoms with Crippen LogP contribution >= 0.6 is 12.4 Å². The van der Waals surface area contributed by atoms with Crippen LogP contribution in [0.3, 0.4) is 0 Å². The minimum atomic E-state index is -3.82. The molecule has 0 spiro atoms. The fourth-order valence-electron chi connectivity index (χ4n) is 2.32. The van der Waals surface area contributed by atoms with Crippen LogP contribution in [0.5, 0.6) is 5.75 Å². The van der Waals surface area contributed by atoms with E-state index < -0.39 is 10.0 Å². The highest BCUT2D eigenvalue weighted by Gasteiger charge is 2.16. The smallest absolute Gasteiger partial charge is 0.261 e. The van der Waals surface area contributed by atoms with Gasteiger partial charge in [-0.15, -0.1) is 12.4 Å². The number of anilines is 1. The van der Waals surface area contributed by atoms with Crippen molar-refractivity contribution in [1.29, 1.82) is 0 Å². The van der Waals surface area contributed by atoms with Crippen molar-refractivity contribution in [3.63, 3.8) is 0 Å². The largest absolute Gasteiger partial charge is 0.494 e. The summed E-state index contributed by atoms with van der Waals surface area (Å²) in [6.07, 6.45) is 0.642. The van der Waals surface area contributed by atoms with Crippen molar-refractivity contribution in [2.24, 2.45) is 5.73 Å². The van der Waals surface area contributed by atoms with Crippen LogP contribution in [0.25, 0.3) is 0 Å². The van der Waals surface area contributed by atoms with E-state index in [4.69, 9.17) is 10.5 Å². The first-order chi connectivity index (χ1) is 12.8.